The fourth-order valence-electron chi connectivity index (χ4n) is 0.344. The maximum atomic E-state index is 5.03. The molecule has 0 bridgehead atoms. The van der Waals surface area contributed by atoms with Crippen LogP contribution in [0.1, 0.15) is 13.8 Å². The van der Waals surface area contributed by atoms with Gasteiger partial charge in [-0.25, -0.2) is 0 Å². The van der Waals surface area contributed by atoms with Gasteiger partial charge in [0.1, 0.15) is 0 Å². The van der Waals surface area contributed by atoms with E-state index in [0.29, 0.717) is 6.61 Å². The minimum absolute atomic E-state index is 0.194. The molecule has 1 N–H and O–H groups in total. The maximum absolute atomic E-state index is 5.03. The zero-order valence-corrected chi connectivity index (χ0v) is 6.68. The fraction of sp³-hybridized carbons (Fsp3) is 0.500. The van der Waals surface area contributed by atoms with Crippen LogP contribution >= 0.6 is 0 Å². The van der Waals surface area contributed by atoms with Gasteiger partial charge in [0, 0.05) is 6.04 Å². The molecule has 0 aromatic heterocycles. The lowest BCUT2D eigenvalue weighted by Gasteiger charge is -2.08. The highest BCUT2D eigenvalue weighted by Crippen LogP contribution is 1.87. The highest BCUT2D eigenvalue weighted by Gasteiger charge is 1.92. The number of rotatable bonds is 5. The summed E-state index contributed by atoms with van der Waals surface area (Å²) < 4.78 is 0. The Kier molecular flexibility index (Phi) is 4.89. The van der Waals surface area contributed by atoms with Gasteiger partial charge in [0.15, 0.2) is 0 Å². The van der Waals surface area contributed by atoms with E-state index in [1.54, 1.807) is 6.08 Å². The second kappa shape index (κ2) is 5.21. The first-order chi connectivity index (χ1) is 4.66. The summed E-state index contributed by atoms with van der Waals surface area (Å²) in [5.41, 5.74) is 3.79. The van der Waals surface area contributed by atoms with Crippen molar-refractivity contribution in [2.24, 2.45) is 0 Å². The van der Waals surface area contributed by atoms with Crippen molar-refractivity contribution in [3.63, 3.8) is 0 Å². The standard InChI is InChI=1S/C8H15NO/c1-5-8(4)9-10-6-7(2)3/h5,8-9H,1-2,6H2,3-4H3. The Morgan fingerprint density at radius 2 is 2.40 bits per heavy atom. The summed E-state index contributed by atoms with van der Waals surface area (Å²) >= 11 is 0. The van der Waals surface area contributed by atoms with E-state index in [-0.39, 0.29) is 6.04 Å². The predicted molar refractivity (Wildman–Crippen MR) is 43.6 cm³/mol. The molecule has 10 heavy (non-hydrogen) atoms. The van der Waals surface area contributed by atoms with E-state index in [0.717, 1.165) is 5.57 Å². The Bertz CT molecular complexity index is 120. The normalized spacial score (nSPS) is 12.6. The van der Waals surface area contributed by atoms with Gasteiger partial charge in [-0.1, -0.05) is 18.2 Å². The molecular weight excluding hydrogens is 126 g/mol. The quantitative estimate of drug-likeness (QED) is 0.464. The lowest BCUT2D eigenvalue weighted by Crippen LogP contribution is -2.24. The summed E-state index contributed by atoms with van der Waals surface area (Å²) in [6.45, 7) is 11.7. The van der Waals surface area contributed by atoms with Crippen LogP contribution in [0.2, 0.25) is 0 Å². The van der Waals surface area contributed by atoms with Gasteiger partial charge in [0.05, 0.1) is 6.61 Å². The summed E-state index contributed by atoms with van der Waals surface area (Å²) in [4.78, 5) is 5.03. The first-order valence-electron chi connectivity index (χ1n) is 3.31. The monoisotopic (exact) mass is 141 g/mol. The van der Waals surface area contributed by atoms with Crippen LogP contribution in [0.4, 0.5) is 0 Å². The van der Waals surface area contributed by atoms with Gasteiger partial charge in [-0.3, -0.25) is 4.84 Å². The second-order valence-electron chi connectivity index (χ2n) is 2.39. The van der Waals surface area contributed by atoms with E-state index in [4.69, 9.17) is 4.84 Å². The summed E-state index contributed by atoms with van der Waals surface area (Å²) in [7, 11) is 0. The third-order valence-electron chi connectivity index (χ3n) is 0.941. The molecule has 0 aliphatic carbocycles. The summed E-state index contributed by atoms with van der Waals surface area (Å²) in [5.74, 6) is 0. The van der Waals surface area contributed by atoms with Gasteiger partial charge in [-0.15, -0.1) is 6.58 Å². The van der Waals surface area contributed by atoms with Gasteiger partial charge in [-0.05, 0) is 13.8 Å². The highest BCUT2D eigenvalue weighted by molar-refractivity contribution is 4.87. The van der Waals surface area contributed by atoms with Crippen molar-refractivity contribution >= 4 is 0 Å². The smallest absolute Gasteiger partial charge is 0.0887 e. The van der Waals surface area contributed by atoms with Gasteiger partial charge in [-0.2, -0.15) is 5.48 Å². The molecule has 1 atom stereocenters. The van der Waals surface area contributed by atoms with Crippen molar-refractivity contribution in [3.8, 4) is 0 Å². The molecule has 0 amide bonds. The van der Waals surface area contributed by atoms with Crippen molar-refractivity contribution < 1.29 is 4.84 Å². The van der Waals surface area contributed by atoms with E-state index in [9.17, 15) is 0 Å². The number of hydroxylamine groups is 1. The lowest BCUT2D eigenvalue weighted by molar-refractivity contribution is 0.0461. The fourth-order valence-corrected chi connectivity index (χ4v) is 0.344. The van der Waals surface area contributed by atoms with E-state index < -0.39 is 0 Å². The largest absolute Gasteiger partial charge is 0.297 e. The Labute approximate surface area is 62.5 Å². The minimum atomic E-state index is 0.194. The Morgan fingerprint density at radius 3 is 2.80 bits per heavy atom. The molecule has 58 valence electrons. The molecule has 0 fully saturated rings. The number of nitrogens with one attached hydrogen (secondary N) is 1. The van der Waals surface area contributed by atoms with Crippen LogP contribution in [-0.4, -0.2) is 12.6 Å². The zero-order valence-electron chi connectivity index (χ0n) is 6.68. The molecule has 0 radical (unpaired) electrons. The third-order valence-corrected chi connectivity index (χ3v) is 0.941. The molecule has 0 rings (SSSR count). The molecule has 0 aliphatic rings. The van der Waals surface area contributed by atoms with Crippen LogP contribution in [0.25, 0.3) is 0 Å². The maximum Gasteiger partial charge on any atom is 0.0887 e. The predicted octanol–water partition coefficient (Wildman–Crippen LogP) is 1.66. The van der Waals surface area contributed by atoms with E-state index in [1.807, 2.05) is 13.8 Å². The van der Waals surface area contributed by atoms with Gasteiger partial charge in [0.25, 0.3) is 0 Å². The Balaban J connectivity index is 3.19. The minimum Gasteiger partial charge on any atom is -0.297 e. The third kappa shape index (κ3) is 5.54. The SMILES string of the molecule is C=CC(C)NOCC(=C)C. The van der Waals surface area contributed by atoms with Gasteiger partial charge < -0.3 is 0 Å². The van der Waals surface area contributed by atoms with Gasteiger partial charge >= 0.3 is 0 Å². The van der Waals surface area contributed by atoms with E-state index in [2.05, 4.69) is 18.6 Å². The number of hydrogen-bond donors (Lipinski definition) is 1. The molecule has 0 aromatic carbocycles. The van der Waals surface area contributed by atoms with Crippen molar-refractivity contribution in [1.82, 2.24) is 5.48 Å². The van der Waals surface area contributed by atoms with Gasteiger partial charge in [0.2, 0.25) is 0 Å². The van der Waals surface area contributed by atoms with Crippen molar-refractivity contribution in [1.29, 1.82) is 0 Å². The van der Waals surface area contributed by atoms with Crippen LogP contribution in [-0.2, 0) is 4.84 Å². The average Bonchev–Trinajstić information content (AvgIpc) is 1.87. The Morgan fingerprint density at radius 1 is 1.80 bits per heavy atom. The average molecular weight is 141 g/mol. The Hall–Kier alpha value is -0.600. The summed E-state index contributed by atoms with van der Waals surface area (Å²) in [5, 5.41) is 0. The molecule has 0 saturated heterocycles. The second-order valence-corrected chi connectivity index (χ2v) is 2.39. The first-order valence-corrected chi connectivity index (χ1v) is 3.31. The van der Waals surface area contributed by atoms with E-state index >= 15 is 0 Å². The van der Waals surface area contributed by atoms with Crippen LogP contribution in [0, 0.1) is 0 Å². The van der Waals surface area contributed by atoms with Crippen LogP contribution in [0.5, 0.6) is 0 Å². The molecule has 1 unspecified atom stereocenters. The molecule has 2 heteroatoms. The molecule has 2 nitrogen and oxygen atoms in total. The van der Waals surface area contributed by atoms with E-state index in [1.165, 1.54) is 0 Å². The molecule has 0 aliphatic heterocycles. The molecule has 0 heterocycles. The molecular formula is C8H15NO. The van der Waals surface area contributed by atoms with Crippen LogP contribution < -0.4 is 5.48 Å². The molecule has 0 aromatic rings. The van der Waals surface area contributed by atoms with Crippen LogP contribution in [0.3, 0.4) is 0 Å². The number of hydrogen-bond acceptors (Lipinski definition) is 2. The lowest BCUT2D eigenvalue weighted by atomic mass is 10.4. The summed E-state index contributed by atoms with van der Waals surface area (Å²) in [6.07, 6.45) is 1.78. The van der Waals surface area contributed by atoms with Crippen molar-refractivity contribution in [2.75, 3.05) is 6.61 Å². The van der Waals surface area contributed by atoms with Crippen molar-refractivity contribution in [2.45, 2.75) is 19.9 Å². The van der Waals surface area contributed by atoms with Crippen molar-refractivity contribution in [3.05, 3.63) is 24.8 Å². The molecule has 0 saturated carbocycles. The topological polar surface area (TPSA) is 21.3 Å². The molecule has 0 spiro atoms. The van der Waals surface area contributed by atoms with Crippen LogP contribution in [0.15, 0.2) is 24.8 Å². The highest BCUT2D eigenvalue weighted by atomic mass is 16.6. The first kappa shape index (κ1) is 9.40. The zero-order chi connectivity index (χ0) is 7.98. The summed E-state index contributed by atoms with van der Waals surface area (Å²) in [6, 6.07) is 0.194.